The molecule has 0 spiro atoms. The zero-order valence-corrected chi connectivity index (χ0v) is 33.5. The van der Waals surface area contributed by atoms with Crippen LogP contribution in [0, 0.1) is 0 Å². The topological polar surface area (TPSA) is 19.4 Å². The van der Waals surface area contributed by atoms with Gasteiger partial charge >= 0.3 is 0 Å². The Labute approximate surface area is 357 Å². The number of benzene rings is 9. The maximum atomic E-state index is 4.74. The number of hydrogen-bond donors (Lipinski definition) is 0. The van der Waals surface area contributed by atoms with Crippen LogP contribution in [0.4, 0.5) is 34.1 Å². The molecule has 1 aliphatic rings. The molecular formula is C58H41N3. The Morgan fingerprint density at radius 1 is 0.311 bits per heavy atom. The molecule has 9 aromatic carbocycles. The lowest BCUT2D eigenvalue weighted by Gasteiger charge is -2.35. The summed E-state index contributed by atoms with van der Waals surface area (Å²) in [6.07, 6.45) is 3.93. The van der Waals surface area contributed by atoms with E-state index in [1.165, 1.54) is 44.5 Å². The van der Waals surface area contributed by atoms with Gasteiger partial charge in [0.05, 0.1) is 17.3 Å². The molecule has 10 aromatic rings. The third-order valence-corrected chi connectivity index (χ3v) is 12.2. The lowest BCUT2D eigenvalue weighted by molar-refractivity contribution is 0.768. The van der Waals surface area contributed by atoms with Gasteiger partial charge in [-0.05, 0) is 105 Å². The Hall–Kier alpha value is -8.01. The Balaban J connectivity index is 1.07. The van der Waals surface area contributed by atoms with E-state index in [2.05, 4.69) is 246 Å². The molecule has 3 nitrogen and oxygen atoms in total. The average molecular weight is 780 g/mol. The summed E-state index contributed by atoms with van der Waals surface area (Å²) in [7, 11) is 0. The van der Waals surface area contributed by atoms with E-state index in [9.17, 15) is 0 Å². The van der Waals surface area contributed by atoms with Crippen molar-refractivity contribution in [3.05, 3.63) is 271 Å². The molecule has 61 heavy (non-hydrogen) atoms. The Kier molecular flexibility index (Phi) is 9.05. The Morgan fingerprint density at radius 3 is 1.28 bits per heavy atom. The summed E-state index contributed by atoms with van der Waals surface area (Å²) in [5.74, 6) is 0. The van der Waals surface area contributed by atoms with Gasteiger partial charge in [0.15, 0.2) is 0 Å². The molecule has 0 saturated heterocycles. The van der Waals surface area contributed by atoms with Crippen LogP contribution in [0.15, 0.2) is 249 Å². The first-order valence-electron chi connectivity index (χ1n) is 20.9. The molecule has 0 fully saturated rings. The first-order valence-corrected chi connectivity index (χ1v) is 20.9. The summed E-state index contributed by atoms with van der Waals surface area (Å²) >= 11 is 0. The van der Waals surface area contributed by atoms with Gasteiger partial charge in [-0.3, -0.25) is 4.98 Å². The van der Waals surface area contributed by atoms with Crippen molar-refractivity contribution >= 4 is 44.9 Å². The average Bonchev–Trinajstić information content (AvgIpc) is 3.64. The van der Waals surface area contributed by atoms with Gasteiger partial charge in [-0.1, -0.05) is 176 Å². The van der Waals surface area contributed by atoms with E-state index < -0.39 is 5.41 Å². The first-order chi connectivity index (χ1) is 30.3. The summed E-state index contributed by atoms with van der Waals surface area (Å²) in [5, 5.41) is 2.24. The van der Waals surface area contributed by atoms with Gasteiger partial charge in [-0.2, -0.15) is 0 Å². The van der Waals surface area contributed by atoms with Crippen molar-refractivity contribution in [1.82, 2.24) is 4.98 Å². The molecule has 1 aromatic heterocycles. The standard InChI is InChI=1S/C58H41N3/c1-4-16-42(17-5-1)43-28-34-50(35-29-43)61(57-41-59-40-44-18-10-11-23-52(44)57)51-38-32-46(33-39-51)58(55-26-14-12-24-53(55)54-25-13-15-27-56(54)58)45-30-36-49(37-31-45)60(47-19-6-2-7-20-47)48-21-8-3-9-22-48/h1-41H. The van der Waals surface area contributed by atoms with Crippen LogP contribution in [0.3, 0.4) is 0 Å². The van der Waals surface area contributed by atoms with E-state index in [0.717, 1.165) is 44.9 Å². The number of aromatic nitrogens is 1. The third-order valence-electron chi connectivity index (χ3n) is 12.2. The normalized spacial score (nSPS) is 12.4. The van der Waals surface area contributed by atoms with Crippen molar-refractivity contribution in [2.75, 3.05) is 9.80 Å². The maximum Gasteiger partial charge on any atom is 0.0723 e. The van der Waals surface area contributed by atoms with Gasteiger partial charge in [0, 0.05) is 45.4 Å². The van der Waals surface area contributed by atoms with E-state index in [0.29, 0.717) is 0 Å². The van der Waals surface area contributed by atoms with Crippen LogP contribution in [0.2, 0.25) is 0 Å². The molecular weight excluding hydrogens is 739 g/mol. The van der Waals surface area contributed by atoms with Gasteiger partial charge in [0.1, 0.15) is 0 Å². The molecule has 0 saturated carbocycles. The molecule has 0 aliphatic heterocycles. The highest BCUT2D eigenvalue weighted by atomic mass is 15.2. The van der Waals surface area contributed by atoms with Crippen LogP contribution in [0.25, 0.3) is 33.0 Å². The molecule has 11 rings (SSSR count). The van der Waals surface area contributed by atoms with E-state index in [-0.39, 0.29) is 0 Å². The molecule has 0 bridgehead atoms. The predicted octanol–water partition coefficient (Wildman–Crippen LogP) is 15.2. The van der Waals surface area contributed by atoms with Crippen molar-refractivity contribution in [2.45, 2.75) is 5.41 Å². The monoisotopic (exact) mass is 779 g/mol. The van der Waals surface area contributed by atoms with Crippen molar-refractivity contribution in [2.24, 2.45) is 0 Å². The van der Waals surface area contributed by atoms with Crippen LogP contribution in [-0.4, -0.2) is 4.98 Å². The van der Waals surface area contributed by atoms with Crippen molar-refractivity contribution in [3.63, 3.8) is 0 Å². The highest BCUT2D eigenvalue weighted by Gasteiger charge is 2.46. The highest BCUT2D eigenvalue weighted by Crippen LogP contribution is 2.56. The van der Waals surface area contributed by atoms with Gasteiger partial charge in [0.2, 0.25) is 0 Å². The minimum Gasteiger partial charge on any atom is -0.311 e. The molecule has 0 amide bonds. The lowest BCUT2D eigenvalue weighted by atomic mass is 9.67. The minimum atomic E-state index is -0.558. The highest BCUT2D eigenvalue weighted by molar-refractivity contribution is 5.98. The van der Waals surface area contributed by atoms with Crippen LogP contribution < -0.4 is 9.80 Å². The number of pyridine rings is 1. The number of nitrogens with zero attached hydrogens (tertiary/aromatic N) is 3. The molecule has 0 atom stereocenters. The van der Waals surface area contributed by atoms with Gasteiger partial charge < -0.3 is 9.80 Å². The zero-order valence-electron chi connectivity index (χ0n) is 33.5. The van der Waals surface area contributed by atoms with Gasteiger partial charge in [-0.15, -0.1) is 0 Å². The minimum absolute atomic E-state index is 0.558. The Bertz CT molecular complexity index is 3020. The molecule has 1 aliphatic carbocycles. The SMILES string of the molecule is c1ccc(-c2ccc(N(c3ccc(C4(c5ccc(N(c6ccccc6)c6ccccc6)cc5)c5ccccc5-c5ccccc54)cc3)c3cncc4ccccc34)cc2)cc1. The third kappa shape index (κ3) is 6.18. The largest absolute Gasteiger partial charge is 0.311 e. The van der Waals surface area contributed by atoms with Crippen LogP contribution >= 0.6 is 0 Å². The van der Waals surface area contributed by atoms with E-state index in [4.69, 9.17) is 4.98 Å². The number of anilines is 6. The van der Waals surface area contributed by atoms with E-state index in [1.54, 1.807) is 0 Å². The molecule has 0 N–H and O–H groups in total. The maximum absolute atomic E-state index is 4.74. The number of para-hydroxylation sites is 2. The van der Waals surface area contributed by atoms with Crippen molar-refractivity contribution in [3.8, 4) is 22.3 Å². The summed E-state index contributed by atoms with van der Waals surface area (Å²) in [6.45, 7) is 0. The van der Waals surface area contributed by atoms with Crippen molar-refractivity contribution in [1.29, 1.82) is 0 Å². The first kappa shape index (κ1) is 36.1. The van der Waals surface area contributed by atoms with Gasteiger partial charge in [0.25, 0.3) is 0 Å². The molecule has 3 heteroatoms. The fraction of sp³-hybridized carbons (Fsp3) is 0.0172. The summed E-state index contributed by atoms with van der Waals surface area (Å²) in [6, 6.07) is 85.5. The molecule has 0 unspecified atom stereocenters. The number of fused-ring (bicyclic) bond motifs is 4. The van der Waals surface area contributed by atoms with E-state index >= 15 is 0 Å². The summed E-state index contributed by atoms with van der Waals surface area (Å²) < 4.78 is 0. The quantitative estimate of drug-likeness (QED) is 0.145. The second-order valence-electron chi connectivity index (χ2n) is 15.6. The second kappa shape index (κ2) is 15.3. The molecule has 1 heterocycles. The van der Waals surface area contributed by atoms with Crippen molar-refractivity contribution < 1.29 is 0 Å². The molecule has 288 valence electrons. The fourth-order valence-electron chi connectivity index (χ4n) is 9.49. The second-order valence-corrected chi connectivity index (χ2v) is 15.6. The summed E-state index contributed by atoms with van der Waals surface area (Å²) in [4.78, 5) is 9.41. The zero-order chi connectivity index (χ0) is 40.6. The Morgan fingerprint density at radius 2 is 0.721 bits per heavy atom. The van der Waals surface area contributed by atoms with Crippen LogP contribution in [0.1, 0.15) is 22.3 Å². The smallest absolute Gasteiger partial charge is 0.0723 e. The van der Waals surface area contributed by atoms with Crippen LogP contribution in [0.5, 0.6) is 0 Å². The van der Waals surface area contributed by atoms with E-state index in [1.807, 2.05) is 12.4 Å². The number of rotatable bonds is 9. The van der Waals surface area contributed by atoms with Crippen LogP contribution in [-0.2, 0) is 5.41 Å². The lowest BCUT2D eigenvalue weighted by Crippen LogP contribution is -2.28. The fourth-order valence-corrected chi connectivity index (χ4v) is 9.49. The van der Waals surface area contributed by atoms with Gasteiger partial charge in [-0.25, -0.2) is 0 Å². The number of hydrogen-bond acceptors (Lipinski definition) is 3. The predicted molar refractivity (Wildman–Crippen MR) is 254 cm³/mol. The molecule has 0 radical (unpaired) electrons. The summed E-state index contributed by atoms with van der Waals surface area (Å²) in [5.41, 5.74) is 15.8.